The lowest BCUT2D eigenvalue weighted by atomic mass is 9.83. The molecule has 0 atom stereocenters. The summed E-state index contributed by atoms with van der Waals surface area (Å²) in [6, 6.07) is 7.36. The third kappa shape index (κ3) is 2.45. The summed E-state index contributed by atoms with van der Waals surface area (Å²) in [6.45, 7) is 0. The van der Waals surface area contributed by atoms with Crippen molar-refractivity contribution >= 4 is 23.2 Å². The van der Waals surface area contributed by atoms with Crippen LogP contribution >= 0.6 is 11.6 Å². The largest absolute Gasteiger partial charge is 0.299 e. The lowest BCUT2D eigenvalue weighted by Crippen LogP contribution is -2.21. The minimum atomic E-state index is 0.0474. The Kier molecular flexibility index (Phi) is 2.87. The summed E-state index contributed by atoms with van der Waals surface area (Å²) in [5, 5.41) is 0.673. The standard InChI is InChI=1S/C12H11ClO2/c13-10-3-1-8(2-4-10)9-5-11(14)7-12(15)6-9/h1-4,9H,5-7H2. The van der Waals surface area contributed by atoms with E-state index in [-0.39, 0.29) is 23.9 Å². The Morgan fingerprint density at radius 1 is 1.00 bits per heavy atom. The van der Waals surface area contributed by atoms with Crippen molar-refractivity contribution in [2.75, 3.05) is 0 Å². The van der Waals surface area contributed by atoms with E-state index in [1.165, 1.54) is 0 Å². The van der Waals surface area contributed by atoms with Gasteiger partial charge >= 0.3 is 0 Å². The molecule has 15 heavy (non-hydrogen) atoms. The van der Waals surface area contributed by atoms with Crippen LogP contribution in [0.3, 0.4) is 0 Å². The number of hydrogen-bond acceptors (Lipinski definition) is 2. The molecule has 0 aromatic heterocycles. The predicted molar refractivity (Wildman–Crippen MR) is 58.1 cm³/mol. The molecular weight excluding hydrogens is 212 g/mol. The van der Waals surface area contributed by atoms with E-state index in [4.69, 9.17) is 11.6 Å². The first-order valence-corrected chi connectivity index (χ1v) is 5.32. The second-order valence-electron chi connectivity index (χ2n) is 3.91. The van der Waals surface area contributed by atoms with Gasteiger partial charge in [0.25, 0.3) is 0 Å². The Morgan fingerprint density at radius 2 is 1.53 bits per heavy atom. The Morgan fingerprint density at radius 3 is 2.07 bits per heavy atom. The van der Waals surface area contributed by atoms with Gasteiger partial charge in [0.1, 0.15) is 11.6 Å². The number of rotatable bonds is 1. The van der Waals surface area contributed by atoms with Gasteiger partial charge in [-0.1, -0.05) is 23.7 Å². The topological polar surface area (TPSA) is 34.1 Å². The van der Waals surface area contributed by atoms with Crippen LogP contribution in [-0.2, 0) is 9.59 Å². The number of hydrogen-bond donors (Lipinski definition) is 0. The Labute approximate surface area is 93.2 Å². The van der Waals surface area contributed by atoms with Gasteiger partial charge < -0.3 is 0 Å². The van der Waals surface area contributed by atoms with Crippen molar-refractivity contribution in [2.24, 2.45) is 0 Å². The Bertz CT molecular complexity index is 379. The number of Topliss-reactive ketones (excluding diaryl/α,β-unsaturated/α-hetero) is 2. The molecule has 1 aromatic carbocycles. The fourth-order valence-corrected chi connectivity index (χ4v) is 2.08. The van der Waals surface area contributed by atoms with Crippen molar-refractivity contribution in [1.29, 1.82) is 0 Å². The highest BCUT2D eigenvalue weighted by atomic mass is 35.5. The van der Waals surface area contributed by atoms with Crippen LogP contribution in [0.1, 0.15) is 30.7 Å². The van der Waals surface area contributed by atoms with Crippen LogP contribution in [0.5, 0.6) is 0 Å². The van der Waals surface area contributed by atoms with Gasteiger partial charge in [-0.25, -0.2) is 0 Å². The molecule has 0 aliphatic heterocycles. The van der Waals surface area contributed by atoms with Crippen LogP contribution in [-0.4, -0.2) is 11.6 Å². The zero-order chi connectivity index (χ0) is 10.8. The average Bonchev–Trinajstić information content (AvgIpc) is 2.17. The number of ketones is 2. The minimum Gasteiger partial charge on any atom is -0.299 e. The molecule has 1 saturated carbocycles. The van der Waals surface area contributed by atoms with Gasteiger partial charge in [-0.2, -0.15) is 0 Å². The van der Waals surface area contributed by atoms with Crippen LogP contribution in [0.25, 0.3) is 0 Å². The minimum absolute atomic E-state index is 0.0474. The summed E-state index contributed by atoms with van der Waals surface area (Å²) in [7, 11) is 0. The van der Waals surface area contributed by atoms with E-state index in [1.54, 1.807) is 12.1 Å². The summed E-state index contributed by atoms with van der Waals surface area (Å²) in [6.07, 6.45) is 1.07. The van der Waals surface area contributed by atoms with Crippen LogP contribution in [0.15, 0.2) is 24.3 Å². The molecule has 0 N–H and O–H groups in total. The van der Waals surface area contributed by atoms with E-state index < -0.39 is 0 Å². The SMILES string of the molecule is O=C1CC(=O)CC(c2ccc(Cl)cc2)C1. The summed E-state index contributed by atoms with van der Waals surface area (Å²) in [5.74, 6) is 0.147. The molecule has 1 fully saturated rings. The van der Waals surface area contributed by atoms with E-state index in [0.717, 1.165) is 5.56 Å². The number of carbonyl (C=O) groups is 2. The van der Waals surface area contributed by atoms with E-state index in [2.05, 4.69) is 0 Å². The van der Waals surface area contributed by atoms with Gasteiger partial charge in [0.2, 0.25) is 0 Å². The zero-order valence-electron chi connectivity index (χ0n) is 8.20. The quantitative estimate of drug-likeness (QED) is 0.685. The molecule has 0 amide bonds. The summed E-state index contributed by atoms with van der Waals surface area (Å²) in [4.78, 5) is 22.6. The average molecular weight is 223 g/mol. The van der Waals surface area contributed by atoms with Crippen LogP contribution in [0.4, 0.5) is 0 Å². The van der Waals surface area contributed by atoms with Gasteiger partial charge in [-0.3, -0.25) is 9.59 Å². The van der Waals surface area contributed by atoms with Crippen LogP contribution < -0.4 is 0 Å². The number of halogens is 1. The molecule has 1 aliphatic carbocycles. The second-order valence-corrected chi connectivity index (χ2v) is 4.35. The predicted octanol–water partition coefficient (Wildman–Crippen LogP) is 2.75. The maximum absolute atomic E-state index is 11.3. The molecular formula is C12H11ClO2. The number of carbonyl (C=O) groups excluding carboxylic acids is 2. The molecule has 0 spiro atoms. The van der Waals surface area contributed by atoms with Crippen molar-refractivity contribution in [3.8, 4) is 0 Å². The maximum atomic E-state index is 11.3. The van der Waals surface area contributed by atoms with Gasteiger partial charge in [0, 0.05) is 17.9 Å². The third-order valence-electron chi connectivity index (χ3n) is 2.68. The van der Waals surface area contributed by atoms with E-state index in [9.17, 15) is 9.59 Å². The van der Waals surface area contributed by atoms with E-state index in [0.29, 0.717) is 17.9 Å². The third-order valence-corrected chi connectivity index (χ3v) is 2.94. The Balaban J connectivity index is 2.19. The van der Waals surface area contributed by atoms with Crippen molar-refractivity contribution in [1.82, 2.24) is 0 Å². The van der Waals surface area contributed by atoms with Gasteiger partial charge in [-0.15, -0.1) is 0 Å². The molecule has 0 unspecified atom stereocenters. The molecule has 3 heteroatoms. The van der Waals surface area contributed by atoms with Gasteiger partial charge in [0.05, 0.1) is 6.42 Å². The fourth-order valence-electron chi connectivity index (χ4n) is 1.96. The lowest BCUT2D eigenvalue weighted by molar-refractivity contribution is -0.130. The summed E-state index contributed by atoms with van der Waals surface area (Å²) < 4.78 is 0. The normalized spacial score (nSPS) is 18.2. The molecule has 0 bridgehead atoms. The first-order chi connectivity index (χ1) is 7.15. The van der Waals surface area contributed by atoms with Crippen molar-refractivity contribution < 1.29 is 9.59 Å². The molecule has 1 aromatic rings. The summed E-state index contributed by atoms with van der Waals surface area (Å²) >= 11 is 5.77. The first kappa shape index (κ1) is 10.4. The molecule has 2 rings (SSSR count). The highest BCUT2D eigenvalue weighted by molar-refractivity contribution is 6.30. The first-order valence-electron chi connectivity index (χ1n) is 4.94. The maximum Gasteiger partial charge on any atom is 0.140 e. The van der Waals surface area contributed by atoms with E-state index >= 15 is 0 Å². The molecule has 0 heterocycles. The van der Waals surface area contributed by atoms with Crippen LogP contribution in [0, 0.1) is 0 Å². The monoisotopic (exact) mass is 222 g/mol. The molecule has 78 valence electrons. The smallest absolute Gasteiger partial charge is 0.140 e. The molecule has 0 saturated heterocycles. The Hall–Kier alpha value is -1.15. The zero-order valence-corrected chi connectivity index (χ0v) is 8.96. The molecule has 0 radical (unpaired) electrons. The fraction of sp³-hybridized carbons (Fsp3) is 0.333. The lowest BCUT2D eigenvalue weighted by Gasteiger charge is -2.20. The number of benzene rings is 1. The van der Waals surface area contributed by atoms with Gasteiger partial charge in [0.15, 0.2) is 0 Å². The van der Waals surface area contributed by atoms with Gasteiger partial charge in [-0.05, 0) is 23.6 Å². The van der Waals surface area contributed by atoms with Crippen molar-refractivity contribution in [2.45, 2.75) is 25.2 Å². The van der Waals surface area contributed by atoms with Crippen molar-refractivity contribution in [3.05, 3.63) is 34.9 Å². The molecule has 2 nitrogen and oxygen atoms in total. The highest BCUT2D eigenvalue weighted by Crippen LogP contribution is 2.29. The van der Waals surface area contributed by atoms with Crippen LogP contribution in [0.2, 0.25) is 5.02 Å². The van der Waals surface area contributed by atoms with Crippen molar-refractivity contribution in [3.63, 3.8) is 0 Å². The molecule has 1 aliphatic rings. The highest BCUT2D eigenvalue weighted by Gasteiger charge is 2.26. The second kappa shape index (κ2) is 4.15. The summed E-state index contributed by atoms with van der Waals surface area (Å²) in [5.41, 5.74) is 1.03. The van der Waals surface area contributed by atoms with E-state index in [1.807, 2.05) is 12.1 Å².